The van der Waals surface area contributed by atoms with E-state index in [1.807, 2.05) is 60.7 Å². The summed E-state index contributed by atoms with van der Waals surface area (Å²) in [7, 11) is 0. The largest absolute Gasteiger partial charge is 0.484 e. The van der Waals surface area contributed by atoms with Gasteiger partial charge in [0.2, 0.25) is 11.8 Å². The number of rotatable bonds is 15. The predicted octanol–water partition coefficient (Wildman–Crippen LogP) is 6.10. The van der Waals surface area contributed by atoms with E-state index >= 15 is 0 Å². The van der Waals surface area contributed by atoms with Gasteiger partial charge in [0.15, 0.2) is 6.61 Å². The number of hydrogen-bond donors (Lipinski definition) is 3. The Balaban J connectivity index is 1.27. The zero-order valence-corrected chi connectivity index (χ0v) is 31.4. The Morgan fingerprint density at radius 2 is 1.49 bits per heavy atom. The van der Waals surface area contributed by atoms with Gasteiger partial charge < -0.3 is 25.4 Å². The maximum absolute atomic E-state index is 14.6. The fourth-order valence-corrected chi connectivity index (χ4v) is 7.76. The number of carbonyl (C=O) groups is 5. The van der Waals surface area contributed by atoms with Crippen LogP contribution in [0.15, 0.2) is 109 Å². The molecule has 0 aromatic heterocycles. The summed E-state index contributed by atoms with van der Waals surface area (Å²) in [5.41, 5.74) is 1.96. The topological polar surface area (TPSA) is 145 Å². The van der Waals surface area contributed by atoms with Gasteiger partial charge in [-0.25, -0.2) is 4.79 Å². The lowest BCUT2D eigenvalue weighted by Crippen LogP contribution is -2.49. The van der Waals surface area contributed by atoms with Gasteiger partial charge >= 0.3 is 5.97 Å². The van der Waals surface area contributed by atoms with E-state index < -0.39 is 29.6 Å². The summed E-state index contributed by atoms with van der Waals surface area (Å²) in [6, 6.07) is 30.4. The molecule has 2 unspecified atom stereocenters. The maximum Gasteiger partial charge on any atom is 0.326 e. The molecule has 2 fully saturated rings. The summed E-state index contributed by atoms with van der Waals surface area (Å²) in [5.74, 6) is -1.80. The monoisotopic (exact) mass is 764 g/mol. The van der Waals surface area contributed by atoms with E-state index in [4.69, 9.17) is 16.3 Å². The number of carbonyl (C=O) groups excluding carboxylic acids is 4. The van der Waals surface area contributed by atoms with Crippen LogP contribution in [0.25, 0.3) is 0 Å². The molecule has 0 radical (unpaired) electrons. The standard InChI is InChI=1S/C43H45ClN4O7/c1-29(49)45-25-24-43(22-8-9-23-43)42(54)46-36(41(52)53)26-30-16-20-34(21-17-30)47-39(32-10-4-2-5-11-32)48(38(50)28-55-35-12-6-3-7-13-35)37(40(47)51)27-31-14-18-33(44)19-15-31/h2-7,10-21,36-37,39H,8-9,22-28H2,1H3,(H,45,49)(H,46,54)(H,52,53)/t36?,37-,39?/m1/s1. The molecule has 2 aliphatic rings. The van der Waals surface area contributed by atoms with Gasteiger partial charge in [-0.15, -0.1) is 0 Å². The van der Waals surface area contributed by atoms with Crippen LogP contribution in [0.3, 0.4) is 0 Å². The average Bonchev–Trinajstić information content (AvgIpc) is 3.78. The molecule has 1 heterocycles. The number of hydrogen-bond acceptors (Lipinski definition) is 6. The van der Waals surface area contributed by atoms with Crippen molar-refractivity contribution in [2.24, 2.45) is 5.41 Å². The summed E-state index contributed by atoms with van der Waals surface area (Å²) >= 11 is 6.17. The molecule has 4 amide bonds. The van der Waals surface area contributed by atoms with E-state index in [1.54, 1.807) is 58.3 Å². The Morgan fingerprint density at radius 1 is 0.873 bits per heavy atom. The van der Waals surface area contributed by atoms with Crippen molar-refractivity contribution < 1.29 is 33.8 Å². The van der Waals surface area contributed by atoms with E-state index in [1.165, 1.54) is 6.92 Å². The number of halogens is 1. The third-order valence-corrected chi connectivity index (χ3v) is 10.7. The van der Waals surface area contributed by atoms with Crippen LogP contribution in [-0.2, 0) is 36.8 Å². The van der Waals surface area contributed by atoms with Crippen molar-refractivity contribution in [2.75, 3.05) is 18.1 Å². The minimum atomic E-state index is -1.19. The molecule has 286 valence electrons. The zero-order chi connectivity index (χ0) is 39.0. The first-order valence-corrected chi connectivity index (χ1v) is 18.9. The average molecular weight is 765 g/mol. The van der Waals surface area contributed by atoms with Gasteiger partial charge in [-0.3, -0.25) is 24.1 Å². The third-order valence-electron chi connectivity index (χ3n) is 10.5. The molecule has 3 atom stereocenters. The number of carboxylic acid groups (broad SMARTS) is 1. The highest BCUT2D eigenvalue weighted by Crippen LogP contribution is 2.42. The van der Waals surface area contributed by atoms with Crippen LogP contribution in [-0.4, -0.2) is 64.8 Å². The Bertz CT molecular complexity index is 1970. The number of nitrogens with one attached hydrogen (secondary N) is 2. The number of anilines is 1. The molecule has 3 N–H and O–H groups in total. The summed E-state index contributed by atoms with van der Waals surface area (Å²) in [5, 5.41) is 16.3. The fourth-order valence-electron chi connectivity index (χ4n) is 7.63. The lowest BCUT2D eigenvalue weighted by atomic mass is 9.81. The third kappa shape index (κ3) is 9.35. The summed E-state index contributed by atoms with van der Waals surface area (Å²) in [6.07, 6.45) is 2.84. The minimum absolute atomic E-state index is 0.0137. The first kappa shape index (κ1) is 39.0. The Labute approximate surface area is 325 Å². The number of aliphatic carboxylic acids is 1. The van der Waals surface area contributed by atoms with Crippen LogP contribution in [0.2, 0.25) is 5.02 Å². The normalized spacial score (nSPS) is 18.1. The number of benzene rings is 4. The summed E-state index contributed by atoms with van der Waals surface area (Å²) in [6.45, 7) is 1.47. The van der Waals surface area contributed by atoms with Gasteiger partial charge in [0, 0.05) is 37.0 Å². The molecule has 55 heavy (non-hydrogen) atoms. The van der Waals surface area contributed by atoms with Crippen molar-refractivity contribution in [3.05, 3.63) is 131 Å². The molecular weight excluding hydrogens is 720 g/mol. The fraction of sp³-hybridized carbons (Fsp3) is 0.326. The molecule has 0 bridgehead atoms. The second kappa shape index (κ2) is 17.6. The highest BCUT2D eigenvalue weighted by Gasteiger charge is 2.50. The Morgan fingerprint density at radius 3 is 2.11 bits per heavy atom. The molecular formula is C43H45ClN4O7. The molecule has 4 aromatic carbocycles. The highest BCUT2D eigenvalue weighted by molar-refractivity contribution is 6.30. The molecule has 1 aliphatic heterocycles. The van der Waals surface area contributed by atoms with E-state index in [9.17, 15) is 29.1 Å². The van der Waals surface area contributed by atoms with Gasteiger partial charge in [0.05, 0.1) is 5.41 Å². The zero-order valence-electron chi connectivity index (χ0n) is 30.7. The second-order valence-corrected chi connectivity index (χ2v) is 14.6. The quantitative estimate of drug-likeness (QED) is 0.133. The van der Waals surface area contributed by atoms with Crippen molar-refractivity contribution >= 4 is 46.9 Å². The minimum Gasteiger partial charge on any atom is -0.484 e. The summed E-state index contributed by atoms with van der Waals surface area (Å²) < 4.78 is 5.89. The number of amides is 4. The van der Waals surface area contributed by atoms with Crippen LogP contribution in [0.4, 0.5) is 5.69 Å². The Kier molecular flexibility index (Phi) is 12.5. The van der Waals surface area contributed by atoms with E-state index in [0.29, 0.717) is 47.8 Å². The molecule has 0 spiro atoms. The lowest BCUT2D eigenvalue weighted by molar-refractivity contribution is -0.144. The van der Waals surface area contributed by atoms with Gasteiger partial charge in [-0.1, -0.05) is 97.2 Å². The maximum atomic E-state index is 14.6. The van der Waals surface area contributed by atoms with Crippen LogP contribution >= 0.6 is 11.6 Å². The number of ether oxygens (including phenoxy) is 1. The van der Waals surface area contributed by atoms with Gasteiger partial charge in [0.1, 0.15) is 24.0 Å². The van der Waals surface area contributed by atoms with Crippen LogP contribution < -0.4 is 20.3 Å². The first-order chi connectivity index (χ1) is 26.5. The molecule has 1 aliphatic carbocycles. The molecule has 1 saturated heterocycles. The van der Waals surface area contributed by atoms with E-state index in [0.717, 1.165) is 24.0 Å². The number of para-hydroxylation sites is 1. The van der Waals surface area contributed by atoms with Crippen LogP contribution in [0, 0.1) is 5.41 Å². The van der Waals surface area contributed by atoms with Gasteiger partial charge in [-0.2, -0.15) is 0 Å². The van der Waals surface area contributed by atoms with Crippen LogP contribution in [0.5, 0.6) is 5.75 Å². The van der Waals surface area contributed by atoms with E-state index in [2.05, 4.69) is 10.6 Å². The highest BCUT2D eigenvalue weighted by atomic mass is 35.5. The summed E-state index contributed by atoms with van der Waals surface area (Å²) in [4.78, 5) is 69.5. The molecule has 1 saturated carbocycles. The van der Waals surface area contributed by atoms with Gasteiger partial charge in [0.25, 0.3) is 11.8 Å². The van der Waals surface area contributed by atoms with E-state index in [-0.39, 0.29) is 43.1 Å². The number of carboxylic acids is 1. The lowest BCUT2D eigenvalue weighted by Gasteiger charge is -2.32. The van der Waals surface area contributed by atoms with Gasteiger partial charge in [-0.05, 0) is 72.4 Å². The first-order valence-electron chi connectivity index (χ1n) is 18.5. The second-order valence-electron chi connectivity index (χ2n) is 14.2. The molecule has 12 heteroatoms. The predicted molar refractivity (Wildman–Crippen MR) is 208 cm³/mol. The Hall–Kier alpha value is -5.68. The van der Waals surface area contributed by atoms with Crippen molar-refractivity contribution in [1.82, 2.24) is 15.5 Å². The van der Waals surface area contributed by atoms with Crippen molar-refractivity contribution in [3.63, 3.8) is 0 Å². The smallest absolute Gasteiger partial charge is 0.326 e. The van der Waals surface area contributed by atoms with Crippen molar-refractivity contribution in [3.8, 4) is 5.75 Å². The van der Waals surface area contributed by atoms with Crippen LogP contribution in [0.1, 0.15) is 61.9 Å². The van der Waals surface area contributed by atoms with Crippen molar-refractivity contribution in [2.45, 2.75) is 70.1 Å². The molecule has 11 nitrogen and oxygen atoms in total. The molecule has 4 aromatic rings. The van der Waals surface area contributed by atoms with Crippen molar-refractivity contribution in [1.29, 1.82) is 0 Å². The SMILES string of the molecule is CC(=O)NCCC1(C(=O)NC(Cc2ccc(N3C(=O)[C@@H](Cc4ccc(Cl)cc4)N(C(=O)COc4ccccc4)C3c3ccccc3)cc2)C(=O)O)CCCC1. The molecule has 6 rings (SSSR count). The number of nitrogens with zero attached hydrogens (tertiary/aromatic N) is 2.